The van der Waals surface area contributed by atoms with Crippen LogP contribution in [0, 0.1) is 3.57 Å². The lowest BCUT2D eigenvalue weighted by Crippen LogP contribution is -2.06. The van der Waals surface area contributed by atoms with Crippen LogP contribution in [0.25, 0.3) is 0 Å². The Hall–Kier alpha value is -1.03. The third kappa shape index (κ3) is 3.96. The van der Waals surface area contributed by atoms with Crippen LogP contribution in [-0.2, 0) is 0 Å². The fourth-order valence-corrected chi connectivity index (χ4v) is 2.41. The van der Waals surface area contributed by atoms with Gasteiger partial charge >= 0.3 is 0 Å². The molecule has 0 bridgehead atoms. The van der Waals surface area contributed by atoms with E-state index in [0.29, 0.717) is 12.0 Å². The zero-order chi connectivity index (χ0) is 13.8. The number of rotatable bonds is 4. The predicted molar refractivity (Wildman–Crippen MR) is 91.7 cm³/mol. The van der Waals surface area contributed by atoms with Crippen molar-refractivity contribution in [2.24, 2.45) is 0 Å². The fourth-order valence-electron chi connectivity index (χ4n) is 2.05. The first-order valence-corrected chi connectivity index (χ1v) is 7.76. The average Bonchev–Trinajstić information content (AvgIpc) is 2.41. The minimum Gasteiger partial charge on any atom is -0.379 e. The van der Waals surface area contributed by atoms with Crippen LogP contribution in [0.5, 0.6) is 0 Å². The molecule has 0 saturated carbocycles. The van der Waals surface area contributed by atoms with Crippen LogP contribution < -0.4 is 5.32 Å². The summed E-state index contributed by atoms with van der Waals surface area (Å²) < 4.78 is 1.26. The van der Waals surface area contributed by atoms with Crippen LogP contribution in [0.15, 0.2) is 48.5 Å². The smallest absolute Gasteiger partial charge is 0.0485 e. The summed E-state index contributed by atoms with van der Waals surface area (Å²) in [5.74, 6) is 0.591. The van der Waals surface area contributed by atoms with Crippen molar-refractivity contribution >= 4 is 28.3 Å². The third-order valence-corrected chi connectivity index (χ3v) is 4.05. The summed E-state index contributed by atoms with van der Waals surface area (Å²) in [7, 11) is 0. The lowest BCUT2D eigenvalue weighted by Gasteiger charge is -2.16. The molecule has 2 aromatic rings. The standard InChI is InChI=1S/C17H20IN/c1-12(2)14-4-6-15(7-5-14)13(3)19-17-10-8-16(18)9-11-17/h4-13,19H,1-3H3. The molecule has 1 N–H and O–H groups in total. The molecule has 0 radical (unpaired) electrons. The molecule has 0 aromatic heterocycles. The fraction of sp³-hybridized carbons (Fsp3) is 0.294. The van der Waals surface area contributed by atoms with Crippen LogP contribution in [0.1, 0.15) is 43.9 Å². The molecule has 0 aliphatic rings. The van der Waals surface area contributed by atoms with Crippen molar-refractivity contribution in [3.8, 4) is 0 Å². The first kappa shape index (κ1) is 14.4. The largest absolute Gasteiger partial charge is 0.379 e. The predicted octanol–water partition coefficient (Wildman–Crippen LogP) is 5.59. The number of anilines is 1. The Balaban J connectivity index is 2.07. The zero-order valence-corrected chi connectivity index (χ0v) is 13.8. The normalized spacial score (nSPS) is 12.5. The van der Waals surface area contributed by atoms with Crippen molar-refractivity contribution in [1.29, 1.82) is 0 Å². The highest BCUT2D eigenvalue weighted by atomic mass is 127. The van der Waals surface area contributed by atoms with Crippen molar-refractivity contribution in [3.05, 3.63) is 63.2 Å². The highest BCUT2D eigenvalue weighted by molar-refractivity contribution is 14.1. The van der Waals surface area contributed by atoms with E-state index in [0.717, 1.165) is 0 Å². The van der Waals surface area contributed by atoms with Gasteiger partial charge in [0.15, 0.2) is 0 Å². The van der Waals surface area contributed by atoms with E-state index in [2.05, 4.69) is 97.2 Å². The Bertz CT molecular complexity index is 514. The molecule has 2 rings (SSSR count). The van der Waals surface area contributed by atoms with Gasteiger partial charge in [0.1, 0.15) is 0 Å². The van der Waals surface area contributed by atoms with E-state index in [9.17, 15) is 0 Å². The lowest BCUT2D eigenvalue weighted by atomic mass is 9.99. The molecule has 0 saturated heterocycles. The third-order valence-electron chi connectivity index (χ3n) is 3.33. The van der Waals surface area contributed by atoms with Crippen molar-refractivity contribution < 1.29 is 0 Å². The SMILES string of the molecule is CC(C)c1ccc(C(C)Nc2ccc(I)cc2)cc1. The quantitative estimate of drug-likeness (QED) is 0.697. The molecule has 0 amide bonds. The highest BCUT2D eigenvalue weighted by Gasteiger charge is 2.06. The minimum atomic E-state index is 0.321. The summed E-state index contributed by atoms with van der Waals surface area (Å²) in [6, 6.07) is 17.7. The number of nitrogens with one attached hydrogen (secondary N) is 1. The van der Waals surface area contributed by atoms with Crippen molar-refractivity contribution in [2.75, 3.05) is 5.32 Å². The molecular formula is C17H20IN. The van der Waals surface area contributed by atoms with E-state index >= 15 is 0 Å². The van der Waals surface area contributed by atoms with Gasteiger partial charge in [-0.05, 0) is 70.8 Å². The molecule has 0 heterocycles. The van der Waals surface area contributed by atoms with E-state index in [1.54, 1.807) is 0 Å². The summed E-state index contributed by atoms with van der Waals surface area (Å²) in [5, 5.41) is 3.53. The van der Waals surface area contributed by atoms with Gasteiger partial charge in [-0.2, -0.15) is 0 Å². The minimum absolute atomic E-state index is 0.321. The maximum atomic E-state index is 3.53. The average molecular weight is 365 g/mol. The van der Waals surface area contributed by atoms with E-state index in [1.165, 1.54) is 20.4 Å². The van der Waals surface area contributed by atoms with Crippen LogP contribution in [0.4, 0.5) is 5.69 Å². The molecule has 1 atom stereocenters. The van der Waals surface area contributed by atoms with Gasteiger partial charge in [-0.1, -0.05) is 38.1 Å². The Morgan fingerprint density at radius 1 is 0.789 bits per heavy atom. The highest BCUT2D eigenvalue weighted by Crippen LogP contribution is 2.22. The molecule has 0 aliphatic heterocycles. The molecule has 2 aromatic carbocycles. The van der Waals surface area contributed by atoms with E-state index in [-0.39, 0.29) is 0 Å². The second-order valence-electron chi connectivity index (χ2n) is 5.19. The van der Waals surface area contributed by atoms with Gasteiger partial charge in [-0.15, -0.1) is 0 Å². The number of benzene rings is 2. The van der Waals surface area contributed by atoms with Crippen molar-refractivity contribution in [1.82, 2.24) is 0 Å². The lowest BCUT2D eigenvalue weighted by molar-refractivity contribution is 0.852. The summed E-state index contributed by atoms with van der Waals surface area (Å²) in [6.45, 7) is 6.65. The maximum Gasteiger partial charge on any atom is 0.0485 e. The van der Waals surface area contributed by atoms with Crippen molar-refractivity contribution in [2.45, 2.75) is 32.7 Å². The molecule has 19 heavy (non-hydrogen) atoms. The van der Waals surface area contributed by atoms with E-state index in [4.69, 9.17) is 0 Å². The van der Waals surface area contributed by atoms with Crippen LogP contribution in [0.2, 0.25) is 0 Å². The number of halogens is 1. The van der Waals surface area contributed by atoms with E-state index < -0.39 is 0 Å². The molecular weight excluding hydrogens is 345 g/mol. The Kier molecular flexibility index (Phi) is 4.86. The maximum absolute atomic E-state index is 3.53. The first-order valence-electron chi connectivity index (χ1n) is 6.68. The summed E-state index contributed by atoms with van der Waals surface area (Å²) in [6.07, 6.45) is 0. The Labute approximate surface area is 129 Å². The summed E-state index contributed by atoms with van der Waals surface area (Å²) in [4.78, 5) is 0. The van der Waals surface area contributed by atoms with Gasteiger partial charge in [0, 0.05) is 15.3 Å². The second kappa shape index (κ2) is 6.42. The van der Waals surface area contributed by atoms with Crippen LogP contribution in [0.3, 0.4) is 0 Å². The topological polar surface area (TPSA) is 12.0 Å². The summed E-state index contributed by atoms with van der Waals surface area (Å²) >= 11 is 2.32. The molecule has 2 heteroatoms. The van der Waals surface area contributed by atoms with Gasteiger partial charge in [-0.3, -0.25) is 0 Å². The monoisotopic (exact) mass is 365 g/mol. The first-order chi connectivity index (χ1) is 9.06. The van der Waals surface area contributed by atoms with Crippen LogP contribution >= 0.6 is 22.6 Å². The molecule has 1 nitrogen and oxygen atoms in total. The zero-order valence-electron chi connectivity index (χ0n) is 11.7. The number of hydrogen-bond acceptors (Lipinski definition) is 1. The van der Waals surface area contributed by atoms with Crippen molar-refractivity contribution in [3.63, 3.8) is 0 Å². The Morgan fingerprint density at radius 2 is 1.32 bits per heavy atom. The van der Waals surface area contributed by atoms with Gasteiger partial charge in [-0.25, -0.2) is 0 Å². The molecule has 100 valence electrons. The Morgan fingerprint density at radius 3 is 1.84 bits per heavy atom. The molecule has 0 fully saturated rings. The van der Waals surface area contributed by atoms with Gasteiger partial charge in [0.2, 0.25) is 0 Å². The van der Waals surface area contributed by atoms with E-state index in [1.807, 2.05) is 0 Å². The van der Waals surface area contributed by atoms with Gasteiger partial charge in [0.05, 0.1) is 0 Å². The van der Waals surface area contributed by atoms with Gasteiger partial charge in [0.25, 0.3) is 0 Å². The molecule has 0 aliphatic carbocycles. The second-order valence-corrected chi connectivity index (χ2v) is 6.44. The summed E-state index contributed by atoms with van der Waals surface area (Å²) in [5.41, 5.74) is 3.88. The van der Waals surface area contributed by atoms with Gasteiger partial charge < -0.3 is 5.32 Å². The molecule has 1 unspecified atom stereocenters. The van der Waals surface area contributed by atoms with Crippen LogP contribution in [-0.4, -0.2) is 0 Å². The number of hydrogen-bond donors (Lipinski definition) is 1. The molecule has 0 spiro atoms.